The lowest BCUT2D eigenvalue weighted by molar-refractivity contribution is -0.384. The first kappa shape index (κ1) is 18.7. The van der Waals surface area contributed by atoms with E-state index in [1.54, 1.807) is 18.2 Å². The number of nitriles is 1. The summed E-state index contributed by atoms with van der Waals surface area (Å²) in [7, 11) is 0. The summed E-state index contributed by atoms with van der Waals surface area (Å²) in [4.78, 5) is 12.1. The highest BCUT2D eigenvalue weighted by molar-refractivity contribution is 5.89. The molecule has 6 nitrogen and oxygen atoms in total. The van der Waals surface area contributed by atoms with Crippen molar-refractivity contribution in [2.75, 3.05) is 24.6 Å². The third kappa shape index (κ3) is 4.70. The number of hydrogen-bond donors (Lipinski definition) is 1. The summed E-state index contributed by atoms with van der Waals surface area (Å²) in [5, 5.41) is 29.2. The second kappa shape index (κ2) is 9.03. The molecule has 0 fully saturated rings. The second-order valence-corrected chi connectivity index (χ2v) is 5.41. The van der Waals surface area contributed by atoms with Crippen LogP contribution in [0.3, 0.4) is 0 Å². The number of terminal acetylenes is 1. The van der Waals surface area contributed by atoms with Crippen LogP contribution in [0.1, 0.15) is 11.1 Å². The van der Waals surface area contributed by atoms with E-state index < -0.39 is 4.92 Å². The average Bonchev–Trinajstić information content (AvgIpc) is 2.66. The minimum atomic E-state index is -0.480. The molecular formula is C20H17N3O3. The van der Waals surface area contributed by atoms with Crippen LogP contribution in [0.2, 0.25) is 0 Å². The van der Waals surface area contributed by atoms with Crippen molar-refractivity contribution in [1.82, 2.24) is 0 Å². The average molecular weight is 347 g/mol. The van der Waals surface area contributed by atoms with Gasteiger partial charge in [-0.3, -0.25) is 10.1 Å². The van der Waals surface area contributed by atoms with Gasteiger partial charge in [0.1, 0.15) is 0 Å². The standard InChI is InChI=1S/C20H17N3O3/c1-2-11-22(12-13-24)19-7-3-16(4-8-19)14-18(15-21)17-5-9-20(10-6-17)23(25)26/h1,3-10,14,24H,11-13H2/b18-14+. The fraction of sp³-hybridized carbons (Fsp3) is 0.150. The van der Waals surface area contributed by atoms with E-state index in [0.29, 0.717) is 24.2 Å². The SMILES string of the molecule is C#CCN(CCO)c1ccc(/C=C(\C#N)c2ccc([N+](=O)[O-])cc2)cc1. The van der Waals surface area contributed by atoms with Gasteiger partial charge in [-0.2, -0.15) is 5.26 Å². The highest BCUT2D eigenvalue weighted by Crippen LogP contribution is 2.22. The number of hydrogen-bond acceptors (Lipinski definition) is 5. The van der Waals surface area contributed by atoms with Gasteiger partial charge in [0.15, 0.2) is 0 Å². The molecule has 2 aromatic carbocycles. The van der Waals surface area contributed by atoms with Crippen molar-refractivity contribution >= 4 is 23.0 Å². The molecule has 0 aliphatic rings. The minimum Gasteiger partial charge on any atom is -0.395 e. The number of nitro benzene ring substituents is 1. The van der Waals surface area contributed by atoms with Crippen LogP contribution in [0, 0.1) is 33.8 Å². The maximum atomic E-state index is 10.7. The van der Waals surface area contributed by atoms with E-state index in [9.17, 15) is 15.4 Å². The Hall–Kier alpha value is -3.61. The molecule has 1 N–H and O–H groups in total. The third-order valence-corrected chi connectivity index (χ3v) is 3.73. The number of nitrogens with zero attached hydrogens (tertiary/aromatic N) is 3. The van der Waals surface area contributed by atoms with Crippen LogP contribution in [0.25, 0.3) is 11.6 Å². The smallest absolute Gasteiger partial charge is 0.269 e. The Kier molecular flexibility index (Phi) is 6.50. The number of allylic oxidation sites excluding steroid dienone is 1. The molecule has 26 heavy (non-hydrogen) atoms. The highest BCUT2D eigenvalue weighted by Gasteiger charge is 2.08. The summed E-state index contributed by atoms with van der Waals surface area (Å²) in [6.45, 7) is 0.829. The number of nitro groups is 1. The molecule has 0 bridgehead atoms. The summed E-state index contributed by atoms with van der Waals surface area (Å²) in [6, 6.07) is 15.4. The molecule has 2 aromatic rings. The van der Waals surface area contributed by atoms with E-state index in [4.69, 9.17) is 11.5 Å². The number of benzene rings is 2. The number of rotatable bonds is 7. The van der Waals surface area contributed by atoms with Crippen LogP contribution in [0.15, 0.2) is 48.5 Å². The van der Waals surface area contributed by atoms with Gasteiger partial charge in [-0.1, -0.05) is 18.1 Å². The summed E-state index contributed by atoms with van der Waals surface area (Å²) in [5.74, 6) is 2.55. The van der Waals surface area contributed by atoms with E-state index in [1.165, 1.54) is 12.1 Å². The largest absolute Gasteiger partial charge is 0.395 e. The van der Waals surface area contributed by atoms with Gasteiger partial charge in [0, 0.05) is 24.4 Å². The lowest BCUT2D eigenvalue weighted by Crippen LogP contribution is -2.26. The van der Waals surface area contributed by atoms with Crippen molar-refractivity contribution in [3.63, 3.8) is 0 Å². The van der Waals surface area contributed by atoms with Crippen molar-refractivity contribution in [3.05, 3.63) is 69.8 Å². The van der Waals surface area contributed by atoms with Gasteiger partial charge in [0.2, 0.25) is 0 Å². The molecule has 0 atom stereocenters. The van der Waals surface area contributed by atoms with Crippen molar-refractivity contribution in [3.8, 4) is 18.4 Å². The van der Waals surface area contributed by atoms with Crippen LogP contribution in [-0.2, 0) is 0 Å². The fourth-order valence-electron chi connectivity index (χ4n) is 2.42. The van der Waals surface area contributed by atoms with Crippen molar-refractivity contribution in [1.29, 1.82) is 5.26 Å². The summed E-state index contributed by atoms with van der Waals surface area (Å²) < 4.78 is 0. The van der Waals surface area contributed by atoms with Gasteiger partial charge < -0.3 is 10.0 Å². The van der Waals surface area contributed by atoms with Gasteiger partial charge in [0.25, 0.3) is 5.69 Å². The van der Waals surface area contributed by atoms with Gasteiger partial charge >= 0.3 is 0 Å². The zero-order chi connectivity index (χ0) is 18.9. The third-order valence-electron chi connectivity index (χ3n) is 3.73. The number of aliphatic hydroxyl groups is 1. The van der Waals surface area contributed by atoms with Crippen LogP contribution < -0.4 is 4.90 Å². The zero-order valence-electron chi connectivity index (χ0n) is 14.0. The molecule has 0 spiro atoms. The Labute approximate surface area is 151 Å². The second-order valence-electron chi connectivity index (χ2n) is 5.41. The molecule has 0 unspecified atom stereocenters. The van der Waals surface area contributed by atoms with Gasteiger partial charge in [-0.05, 0) is 41.5 Å². The predicted molar refractivity (Wildman–Crippen MR) is 101 cm³/mol. The number of aliphatic hydroxyl groups excluding tert-OH is 1. The minimum absolute atomic E-state index is 0.00204. The molecule has 6 heteroatoms. The van der Waals surface area contributed by atoms with E-state index in [2.05, 4.69) is 12.0 Å². The Balaban J connectivity index is 2.25. The van der Waals surface area contributed by atoms with E-state index >= 15 is 0 Å². The summed E-state index contributed by atoms with van der Waals surface area (Å²) in [5.41, 5.74) is 2.68. The number of anilines is 1. The number of non-ortho nitro benzene ring substituents is 1. The maximum Gasteiger partial charge on any atom is 0.269 e. The monoisotopic (exact) mass is 347 g/mol. The Bertz CT molecular complexity index is 873. The molecule has 0 saturated heterocycles. The first-order valence-electron chi connectivity index (χ1n) is 7.85. The molecule has 0 aromatic heterocycles. The lowest BCUT2D eigenvalue weighted by Gasteiger charge is -2.21. The molecule has 0 heterocycles. The van der Waals surface area contributed by atoms with Gasteiger partial charge in [-0.15, -0.1) is 6.42 Å². The lowest BCUT2D eigenvalue weighted by atomic mass is 10.0. The molecule has 2 rings (SSSR count). The Morgan fingerprint density at radius 1 is 1.23 bits per heavy atom. The Morgan fingerprint density at radius 2 is 1.88 bits per heavy atom. The summed E-state index contributed by atoms with van der Waals surface area (Å²) >= 11 is 0. The molecule has 0 radical (unpaired) electrons. The molecule has 0 aliphatic carbocycles. The molecule has 0 saturated carbocycles. The highest BCUT2D eigenvalue weighted by atomic mass is 16.6. The normalized spacial score (nSPS) is 10.7. The fourth-order valence-corrected chi connectivity index (χ4v) is 2.42. The quantitative estimate of drug-likeness (QED) is 0.273. The summed E-state index contributed by atoms with van der Waals surface area (Å²) in [6.07, 6.45) is 7.05. The first-order chi connectivity index (χ1) is 12.6. The van der Waals surface area contributed by atoms with Crippen molar-refractivity contribution < 1.29 is 10.0 Å². The van der Waals surface area contributed by atoms with Crippen molar-refractivity contribution in [2.45, 2.75) is 0 Å². The van der Waals surface area contributed by atoms with Crippen LogP contribution >= 0.6 is 0 Å². The zero-order valence-corrected chi connectivity index (χ0v) is 14.0. The molecule has 0 aliphatic heterocycles. The van der Waals surface area contributed by atoms with E-state index in [-0.39, 0.29) is 12.3 Å². The van der Waals surface area contributed by atoms with Gasteiger partial charge in [-0.25, -0.2) is 0 Å². The molecular weight excluding hydrogens is 330 g/mol. The molecule has 0 amide bonds. The van der Waals surface area contributed by atoms with E-state index in [1.807, 2.05) is 29.2 Å². The molecule has 130 valence electrons. The Morgan fingerprint density at radius 3 is 2.38 bits per heavy atom. The topological polar surface area (TPSA) is 90.4 Å². The van der Waals surface area contributed by atoms with Gasteiger partial charge in [0.05, 0.1) is 29.7 Å². The van der Waals surface area contributed by atoms with Crippen molar-refractivity contribution in [2.24, 2.45) is 0 Å². The van der Waals surface area contributed by atoms with Crippen LogP contribution in [0.5, 0.6) is 0 Å². The van der Waals surface area contributed by atoms with Crippen LogP contribution in [0.4, 0.5) is 11.4 Å². The van der Waals surface area contributed by atoms with E-state index in [0.717, 1.165) is 11.3 Å². The predicted octanol–water partition coefficient (Wildman–Crippen LogP) is 3.09. The van der Waals surface area contributed by atoms with Crippen LogP contribution in [-0.4, -0.2) is 29.7 Å². The maximum absolute atomic E-state index is 10.7. The first-order valence-corrected chi connectivity index (χ1v) is 7.85.